The Hall–Kier alpha value is -1.76. The van der Waals surface area contributed by atoms with Crippen LogP contribution in [0.15, 0.2) is 0 Å². The second kappa shape index (κ2) is 4.66. The van der Waals surface area contributed by atoms with Crippen molar-refractivity contribution >= 4 is 17.6 Å². The van der Waals surface area contributed by atoms with E-state index in [9.17, 15) is 0 Å². The largest absolute Gasteiger partial charge is 0.484 e. The quantitative estimate of drug-likeness (QED) is 0.813. The fraction of sp³-hybridized carbons (Fsp3) is 0.692. The van der Waals surface area contributed by atoms with Gasteiger partial charge in [-0.3, -0.25) is 0 Å². The predicted molar refractivity (Wildman–Crippen MR) is 75.1 cm³/mol. The average molecular weight is 277 g/mol. The third kappa shape index (κ3) is 1.93. The molecule has 1 unspecified atom stereocenters. The third-order valence-corrected chi connectivity index (χ3v) is 4.23. The number of hydrogen-bond donors (Lipinski definition) is 2. The minimum absolute atomic E-state index is 0.247. The second-order valence-corrected chi connectivity index (χ2v) is 5.64. The summed E-state index contributed by atoms with van der Waals surface area (Å²) in [6.07, 6.45) is 2.38. The first-order chi connectivity index (χ1) is 9.81. The van der Waals surface area contributed by atoms with E-state index in [-0.39, 0.29) is 6.04 Å². The molecule has 3 aliphatic heterocycles. The molecule has 0 aliphatic carbocycles. The maximum absolute atomic E-state index is 5.95. The molecule has 2 fully saturated rings. The van der Waals surface area contributed by atoms with Crippen LogP contribution in [0, 0.1) is 5.92 Å². The summed E-state index contributed by atoms with van der Waals surface area (Å²) in [5, 5.41) is 3.44. The van der Waals surface area contributed by atoms with Gasteiger partial charge in [0.15, 0.2) is 11.6 Å². The topological polar surface area (TPSA) is 85.5 Å². The zero-order valence-electron chi connectivity index (χ0n) is 11.3. The van der Waals surface area contributed by atoms with Crippen LogP contribution in [0.4, 0.5) is 17.6 Å². The van der Waals surface area contributed by atoms with Crippen molar-refractivity contribution in [3.8, 4) is 5.75 Å². The SMILES string of the molecule is Nc1nc2c(c(N3CCCC3)n1)OCC(C1COC1)N2. The number of nitrogens with two attached hydrogens (primary N) is 1. The molecule has 4 heterocycles. The zero-order valence-corrected chi connectivity index (χ0v) is 11.3. The highest BCUT2D eigenvalue weighted by atomic mass is 16.5. The zero-order chi connectivity index (χ0) is 13.5. The summed E-state index contributed by atoms with van der Waals surface area (Å²) in [7, 11) is 0. The molecular weight excluding hydrogens is 258 g/mol. The van der Waals surface area contributed by atoms with Crippen LogP contribution in [-0.2, 0) is 4.74 Å². The Kier molecular flexibility index (Phi) is 2.80. The lowest BCUT2D eigenvalue weighted by atomic mass is 9.98. The van der Waals surface area contributed by atoms with Gasteiger partial charge in [0.25, 0.3) is 0 Å². The first-order valence-corrected chi connectivity index (χ1v) is 7.21. The molecule has 2 saturated heterocycles. The Morgan fingerprint density at radius 3 is 2.65 bits per heavy atom. The van der Waals surface area contributed by atoms with Crippen molar-refractivity contribution in [2.24, 2.45) is 5.92 Å². The Balaban J connectivity index is 1.64. The van der Waals surface area contributed by atoms with Crippen molar-refractivity contribution in [2.45, 2.75) is 18.9 Å². The van der Waals surface area contributed by atoms with E-state index >= 15 is 0 Å². The van der Waals surface area contributed by atoms with Crippen molar-refractivity contribution in [1.82, 2.24) is 9.97 Å². The fourth-order valence-corrected chi connectivity index (χ4v) is 2.96. The first kappa shape index (κ1) is 12.0. The molecule has 0 amide bonds. The summed E-state index contributed by atoms with van der Waals surface area (Å²) < 4.78 is 11.2. The smallest absolute Gasteiger partial charge is 0.224 e. The van der Waals surface area contributed by atoms with Gasteiger partial charge in [0, 0.05) is 19.0 Å². The number of nitrogens with zero attached hydrogens (tertiary/aromatic N) is 3. The van der Waals surface area contributed by atoms with Crippen LogP contribution in [0.5, 0.6) is 5.75 Å². The molecule has 1 aromatic rings. The highest BCUT2D eigenvalue weighted by molar-refractivity contribution is 5.68. The highest BCUT2D eigenvalue weighted by Gasteiger charge is 2.35. The van der Waals surface area contributed by atoms with Crippen LogP contribution in [0.1, 0.15) is 12.8 Å². The lowest BCUT2D eigenvalue weighted by molar-refractivity contribution is -0.0471. The number of fused-ring (bicyclic) bond motifs is 1. The molecule has 7 nitrogen and oxygen atoms in total. The lowest BCUT2D eigenvalue weighted by Crippen LogP contribution is -2.47. The van der Waals surface area contributed by atoms with Gasteiger partial charge < -0.3 is 25.4 Å². The number of nitrogens with one attached hydrogen (secondary N) is 1. The Bertz CT molecular complexity index is 514. The number of aromatic nitrogens is 2. The average Bonchev–Trinajstić information content (AvgIpc) is 2.89. The summed E-state index contributed by atoms with van der Waals surface area (Å²) in [6, 6.07) is 0.247. The molecular formula is C13H19N5O2. The number of ether oxygens (including phenoxy) is 2. The van der Waals surface area contributed by atoms with Gasteiger partial charge in [0.2, 0.25) is 11.7 Å². The molecule has 20 heavy (non-hydrogen) atoms. The Morgan fingerprint density at radius 1 is 1.15 bits per heavy atom. The maximum Gasteiger partial charge on any atom is 0.224 e. The van der Waals surface area contributed by atoms with Crippen molar-refractivity contribution in [1.29, 1.82) is 0 Å². The number of hydrogen-bond acceptors (Lipinski definition) is 7. The van der Waals surface area contributed by atoms with Crippen LogP contribution < -0.4 is 20.7 Å². The van der Waals surface area contributed by atoms with Gasteiger partial charge in [-0.2, -0.15) is 9.97 Å². The molecule has 0 saturated carbocycles. The van der Waals surface area contributed by atoms with E-state index in [4.69, 9.17) is 15.2 Å². The molecule has 0 radical (unpaired) electrons. The van der Waals surface area contributed by atoms with E-state index in [1.807, 2.05) is 0 Å². The van der Waals surface area contributed by atoms with Gasteiger partial charge in [-0.25, -0.2) is 0 Å². The number of rotatable bonds is 2. The fourth-order valence-electron chi connectivity index (χ4n) is 2.96. The van der Waals surface area contributed by atoms with Crippen molar-refractivity contribution in [2.75, 3.05) is 48.9 Å². The second-order valence-electron chi connectivity index (χ2n) is 5.64. The van der Waals surface area contributed by atoms with Crippen molar-refractivity contribution in [3.63, 3.8) is 0 Å². The molecule has 108 valence electrons. The lowest BCUT2D eigenvalue weighted by Gasteiger charge is -2.37. The molecule has 7 heteroatoms. The molecule has 3 aliphatic rings. The Morgan fingerprint density at radius 2 is 1.95 bits per heavy atom. The molecule has 3 N–H and O–H groups in total. The van der Waals surface area contributed by atoms with Gasteiger partial charge in [-0.1, -0.05) is 0 Å². The van der Waals surface area contributed by atoms with Crippen LogP contribution in [-0.4, -0.2) is 48.9 Å². The van der Waals surface area contributed by atoms with E-state index in [0.29, 0.717) is 18.5 Å². The van der Waals surface area contributed by atoms with Gasteiger partial charge in [-0.15, -0.1) is 0 Å². The third-order valence-electron chi connectivity index (χ3n) is 4.23. The summed E-state index contributed by atoms with van der Waals surface area (Å²) in [4.78, 5) is 10.9. The van der Waals surface area contributed by atoms with Crippen molar-refractivity contribution < 1.29 is 9.47 Å². The first-order valence-electron chi connectivity index (χ1n) is 7.21. The summed E-state index contributed by atoms with van der Waals surface area (Å²) in [5.74, 6) is 3.10. The van der Waals surface area contributed by atoms with Crippen LogP contribution >= 0.6 is 0 Å². The van der Waals surface area contributed by atoms with E-state index in [1.54, 1.807) is 0 Å². The van der Waals surface area contributed by atoms with Crippen LogP contribution in [0.25, 0.3) is 0 Å². The van der Waals surface area contributed by atoms with E-state index < -0.39 is 0 Å². The summed E-state index contributed by atoms with van der Waals surface area (Å²) >= 11 is 0. The number of anilines is 3. The maximum atomic E-state index is 5.95. The van der Waals surface area contributed by atoms with Crippen LogP contribution in [0.2, 0.25) is 0 Å². The minimum Gasteiger partial charge on any atom is -0.484 e. The molecule has 1 atom stereocenters. The molecule has 0 spiro atoms. The molecule has 0 bridgehead atoms. The standard InChI is InChI=1S/C13H19N5O2/c14-13-16-11-10(12(17-13)18-3-1-2-4-18)20-7-9(15-11)8-5-19-6-8/h8-9H,1-7H2,(H3,14,15,16,17). The van der Waals surface area contributed by atoms with Crippen LogP contribution in [0.3, 0.4) is 0 Å². The van der Waals surface area contributed by atoms with E-state index in [1.165, 1.54) is 12.8 Å². The van der Waals surface area contributed by atoms with Gasteiger partial charge in [-0.05, 0) is 12.8 Å². The van der Waals surface area contributed by atoms with E-state index in [2.05, 4.69) is 20.2 Å². The Labute approximate surface area is 117 Å². The highest BCUT2D eigenvalue weighted by Crippen LogP contribution is 2.39. The molecule has 0 aromatic carbocycles. The van der Waals surface area contributed by atoms with Crippen molar-refractivity contribution in [3.05, 3.63) is 0 Å². The summed E-state index contributed by atoms with van der Waals surface area (Å²) in [6.45, 7) is 4.22. The predicted octanol–water partition coefficient (Wildman–Crippen LogP) is 0.478. The molecule has 1 aromatic heterocycles. The van der Waals surface area contributed by atoms with Gasteiger partial charge in [0.05, 0.1) is 19.3 Å². The van der Waals surface area contributed by atoms with Gasteiger partial charge >= 0.3 is 0 Å². The minimum atomic E-state index is 0.247. The summed E-state index contributed by atoms with van der Waals surface area (Å²) in [5.41, 5.74) is 5.85. The molecule has 4 rings (SSSR count). The van der Waals surface area contributed by atoms with Gasteiger partial charge in [0.1, 0.15) is 6.61 Å². The van der Waals surface area contributed by atoms with E-state index in [0.717, 1.165) is 43.7 Å². The normalized spacial score (nSPS) is 25.6. The monoisotopic (exact) mass is 277 g/mol. The number of nitrogen functional groups attached to an aromatic ring is 1.